The lowest BCUT2D eigenvalue weighted by atomic mass is 9.70. The second-order valence-corrected chi connectivity index (χ2v) is 7.12. The molecule has 0 aliphatic heterocycles. The van der Waals surface area contributed by atoms with E-state index in [2.05, 4.69) is 30.7 Å². The second kappa shape index (κ2) is 4.42. The zero-order valence-electron chi connectivity index (χ0n) is 12.0. The molecule has 0 saturated heterocycles. The summed E-state index contributed by atoms with van der Waals surface area (Å²) >= 11 is 5.67. The summed E-state index contributed by atoms with van der Waals surface area (Å²) in [6, 6.07) is 0. The van der Waals surface area contributed by atoms with Gasteiger partial charge in [0, 0.05) is 5.41 Å². The number of hydrogen-bond donors (Lipinski definition) is 0. The fraction of sp³-hybridized carbons (Fsp3) is 0.667. The van der Waals surface area contributed by atoms with Gasteiger partial charge in [0.25, 0.3) is 0 Å². The van der Waals surface area contributed by atoms with Gasteiger partial charge in [-0.2, -0.15) is 0 Å². The molecule has 0 radical (unpaired) electrons. The van der Waals surface area contributed by atoms with Crippen LogP contribution in [0.5, 0.6) is 0 Å². The first-order valence-electron chi connectivity index (χ1n) is 7.03. The molecule has 0 aromatic carbocycles. The number of fused-ring (bicyclic) bond motifs is 2. The average Bonchev–Trinajstić information content (AvgIpc) is 2.72. The van der Waals surface area contributed by atoms with Crippen molar-refractivity contribution in [2.24, 2.45) is 16.7 Å². The Balaban J connectivity index is 1.76. The molecule has 4 nitrogen and oxygen atoms in total. The van der Waals surface area contributed by atoms with Crippen LogP contribution in [0.25, 0.3) is 0 Å². The number of carbonyl (C=O) groups excluding carboxylic acids is 1. The van der Waals surface area contributed by atoms with Crippen molar-refractivity contribution in [2.75, 3.05) is 0 Å². The Morgan fingerprint density at radius 2 is 2.10 bits per heavy atom. The van der Waals surface area contributed by atoms with Crippen molar-refractivity contribution < 1.29 is 9.53 Å². The molecule has 1 aromatic rings. The molecule has 20 heavy (non-hydrogen) atoms. The van der Waals surface area contributed by atoms with E-state index < -0.39 is 5.97 Å². The minimum absolute atomic E-state index is 0.0266. The Labute approximate surface area is 123 Å². The predicted octanol–water partition coefficient (Wildman–Crippen LogP) is 3.50. The van der Waals surface area contributed by atoms with Gasteiger partial charge in [0.15, 0.2) is 5.69 Å². The molecule has 3 atom stereocenters. The summed E-state index contributed by atoms with van der Waals surface area (Å²) in [6.45, 7) is 6.83. The van der Waals surface area contributed by atoms with Crippen LogP contribution < -0.4 is 0 Å². The number of hydrogen-bond acceptors (Lipinski definition) is 4. The van der Waals surface area contributed by atoms with Crippen LogP contribution >= 0.6 is 11.6 Å². The molecule has 2 fully saturated rings. The number of esters is 1. The highest BCUT2D eigenvalue weighted by atomic mass is 35.5. The summed E-state index contributed by atoms with van der Waals surface area (Å²) in [6.07, 6.45) is 6.01. The first-order chi connectivity index (χ1) is 9.34. The number of rotatable bonds is 2. The van der Waals surface area contributed by atoms with Crippen molar-refractivity contribution in [2.45, 2.75) is 46.1 Å². The lowest BCUT2D eigenvalue weighted by Gasteiger charge is -2.38. The minimum atomic E-state index is -0.399. The van der Waals surface area contributed by atoms with Crippen molar-refractivity contribution in [1.82, 2.24) is 9.97 Å². The standard InChI is InChI=1S/C15H19ClN2O2/c1-14(2)9-4-5-15(14,3)11(6-9)20-13(19)10-7-18-12(16)8-17-10/h7-9,11H,4-6H2,1-3H3. The third-order valence-electron chi connectivity index (χ3n) is 5.79. The van der Waals surface area contributed by atoms with Crippen molar-refractivity contribution in [3.05, 3.63) is 23.2 Å². The van der Waals surface area contributed by atoms with E-state index in [-0.39, 0.29) is 27.8 Å². The zero-order valence-corrected chi connectivity index (χ0v) is 12.8. The number of aromatic nitrogens is 2. The third kappa shape index (κ3) is 1.85. The van der Waals surface area contributed by atoms with Gasteiger partial charge in [0.2, 0.25) is 0 Å². The summed E-state index contributed by atoms with van der Waals surface area (Å²) in [5.41, 5.74) is 0.509. The first-order valence-corrected chi connectivity index (χ1v) is 7.41. The van der Waals surface area contributed by atoms with E-state index in [0.29, 0.717) is 5.92 Å². The smallest absolute Gasteiger partial charge is 0.358 e. The maximum atomic E-state index is 12.2. The zero-order chi connectivity index (χ0) is 14.5. The van der Waals surface area contributed by atoms with Crippen molar-refractivity contribution in [3.8, 4) is 0 Å². The maximum Gasteiger partial charge on any atom is 0.358 e. The van der Waals surface area contributed by atoms with Gasteiger partial charge in [-0.05, 0) is 30.6 Å². The molecule has 1 heterocycles. The molecule has 108 valence electrons. The molecule has 0 amide bonds. The Hall–Kier alpha value is -1.16. The lowest BCUT2D eigenvalue weighted by Crippen LogP contribution is -2.38. The predicted molar refractivity (Wildman–Crippen MR) is 75.5 cm³/mol. The van der Waals surface area contributed by atoms with Gasteiger partial charge in [0.1, 0.15) is 11.3 Å². The largest absolute Gasteiger partial charge is 0.457 e. The molecule has 1 aromatic heterocycles. The molecule has 2 saturated carbocycles. The van der Waals surface area contributed by atoms with Crippen molar-refractivity contribution in [1.29, 1.82) is 0 Å². The lowest BCUT2D eigenvalue weighted by molar-refractivity contribution is -0.0247. The highest BCUT2D eigenvalue weighted by Gasteiger charge is 2.62. The topological polar surface area (TPSA) is 52.1 Å². The summed E-state index contributed by atoms with van der Waals surface area (Å²) in [5.74, 6) is 0.241. The Bertz CT molecular complexity index is 543. The Morgan fingerprint density at radius 1 is 1.35 bits per heavy atom. The third-order valence-corrected chi connectivity index (χ3v) is 5.99. The van der Waals surface area contributed by atoms with Crippen LogP contribution in [-0.4, -0.2) is 22.0 Å². The molecule has 3 rings (SSSR count). The Kier molecular flexibility index (Phi) is 3.05. The number of carbonyl (C=O) groups is 1. The van der Waals surface area contributed by atoms with Gasteiger partial charge in [-0.25, -0.2) is 14.8 Å². The molecular formula is C15H19ClN2O2. The fourth-order valence-electron chi connectivity index (χ4n) is 3.92. The van der Waals surface area contributed by atoms with Crippen molar-refractivity contribution in [3.63, 3.8) is 0 Å². The van der Waals surface area contributed by atoms with Gasteiger partial charge < -0.3 is 4.74 Å². The molecule has 0 spiro atoms. The SMILES string of the molecule is CC1(C)C2CCC1(C)C(OC(=O)c1cnc(Cl)cn1)C2. The van der Waals surface area contributed by atoms with E-state index in [0.717, 1.165) is 12.8 Å². The van der Waals surface area contributed by atoms with E-state index in [9.17, 15) is 4.79 Å². The van der Waals surface area contributed by atoms with Crippen LogP contribution in [0.15, 0.2) is 12.4 Å². The van der Waals surface area contributed by atoms with E-state index in [4.69, 9.17) is 16.3 Å². The van der Waals surface area contributed by atoms with E-state index in [1.54, 1.807) is 0 Å². The molecule has 3 unspecified atom stereocenters. The van der Waals surface area contributed by atoms with E-state index >= 15 is 0 Å². The monoisotopic (exact) mass is 294 g/mol. The van der Waals surface area contributed by atoms with Gasteiger partial charge in [-0.15, -0.1) is 0 Å². The van der Waals surface area contributed by atoms with Gasteiger partial charge >= 0.3 is 5.97 Å². The second-order valence-electron chi connectivity index (χ2n) is 6.73. The van der Waals surface area contributed by atoms with Crippen LogP contribution in [-0.2, 0) is 4.74 Å². The van der Waals surface area contributed by atoms with Gasteiger partial charge in [-0.3, -0.25) is 0 Å². The van der Waals surface area contributed by atoms with Crippen LogP contribution in [0.3, 0.4) is 0 Å². The minimum Gasteiger partial charge on any atom is -0.457 e. The summed E-state index contributed by atoms with van der Waals surface area (Å²) < 4.78 is 5.73. The van der Waals surface area contributed by atoms with Gasteiger partial charge in [-0.1, -0.05) is 32.4 Å². The van der Waals surface area contributed by atoms with Crippen molar-refractivity contribution >= 4 is 17.6 Å². The molecule has 2 aliphatic carbocycles. The molecule has 2 aliphatic rings. The van der Waals surface area contributed by atoms with Gasteiger partial charge in [0.05, 0.1) is 12.4 Å². The Morgan fingerprint density at radius 3 is 2.60 bits per heavy atom. The quantitative estimate of drug-likeness (QED) is 0.783. The number of ether oxygens (including phenoxy) is 1. The molecule has 0 N–H and O–H groups in total. The highest BCUT2D eigenvalue weighted by molar-refractivity contribution is 6.29. The van der Waals surface area contributed by atoms with Crippen LogP contribution in [0.4, 0.5) is 0 Å². The van der Waals surface area contributed by atoms with E-state index in [1.807, 2.05) is 0 Å². The summed E-state index contributed by atoms with van der Waals surface area (Å²) in [4.78, 5) is 20.0. The number of halogens is 1. The fourth-order valence-corrected chi connectivity index (χ4v) is 4.01. The average molecular weight is 295 g/mol. The molecule has 2 bridgehead atoms. The summed E-state index contributed by atoms with van der Waals surface area (Å²) in [5, 5.41) is 0.273. The van der Waals surface area contributed by atoms with Crippen LogP contribution in [0.1, 0.15) is 50.5 Å². The number of nitrogens with zero attached hydrogens (tertiary/aromatic N) is 2. The normalized spacial score (nSPS) is 34.2. The highest BCUT2D eigenvalue weighted by Crippen LogP contribution is 2.66. The van der Waals surface area contributed by atoms with E-state index in [1.165, 1.54) is 18.8 Å². The molecular weight excluding hydrogens is 276 g/mol. The van der Waals surface area contributed by atoms with Crippen LogP contribution in [0.2, 0.25) is 5.15 Å². The van der Waals surface area contributed by atoms with Crippen LogP contribution in [0, 0.1) is 16.7 Å². The summed E-state index contributed by atoms with van der Waals surface area (Å²) in [7, 11) is 0. The maximum absolute atomic E-state index is 12.2. The molecule has 5 heteroatoms. The first kappa shape index (κ1) is 13.8.